The number of aromatic amines is 1. The van der Waals surface area contributed by atoms with Gasteiger partial charge in [0.25, 0.3) is 5.91 Å². The van der Waals surface area contributed by atoms with Gasteiger partial charge < -0.3 is 9.88 Å². The lowest BCUT2D eigenvalue weighted by Crippen LogP contribution is -2.37. The maximum absolute atomic E-state index is 12.6. The number of hydrogen-bond donors (Lipinski definition) is 1. The van der Waals surface area contributed by atoms with Crippen molar-refractivity contribution in [2.24, 2.45) is 0 Å². The number of thioether (sulfide) groups is 1. The number of carbonyl (C=O) groups is 1. The van der Waals surface area contributed by atoms with E-state index < -0.39 is 10.0 Å². The average Bonchev–Trinajstić information content (AvgIpc) is 3.26. The molecule has 0 unspecified atom stereocenters. The smallest absolute Gasteiger partial charge is 0.270 e. The summed E-state index contributed by atoms with van der Waals surface area (Å²) in [4.78, 5) is 18.1. The highest BCUT2D eigenvalue weighted by atomic mass is 32.2. The molecule has 1 saturated heterocycles. The van der Waals surface area contributed by atoms with Crippen LogP contribution in [0, 0.1) is 0 Å². The first kappa shape index (κ1) is 17.5. The van der Waals surface area contributed by atoms with Gasteiger partial charge in [-0.15, -0.1) is 11.3 Å². The van der Waals surface area contributed by atoms with Crippen molar-refractivity contribution >= 4 is 39.0 Å². The summed E-state index contributed by atoms with van der Waals surface area (Å²) in [7, 11) is -1.82. The molecule has 6 nitrogen and oxygen atoms in total. The third-order valence-corrected chi connectivity index (χ3v) is 7.49. The second kappa shape index (κ2) is 7.30. The van der Waals surface area contributed by atoms with Crippen molar-refractivity contribution in [3.8, 4) is 0 Å². The number of thiophene rings is 1. The number of sulfonamides is 1. The van der Waals surface area contributed by atoms with Crippen LogP contribution in [-0.2, 0) is 16.6 Å². The van der Waals surface area contributed by atoms with Gasteiger partial charge >= 0.3 is 0 Å². The molecule has 2 aromatic rings. The number of hydrogen-bond acceptors (Lipinski definition) is 5. The van der Waals surface area contributed by atoms with E-state index in [1.54, 1.807) is 35.0 Å². The van der Waals surface area contributed by atoms with Crippen LogP contribution in [0.4, 0.5) is 0 Å². The highest BCUT2D eigenvalue weighted by Crippen LogP contribution is 2.21. The second-order valence-electron chi connectivity index (χ2n) is 5.51. The Balaban J connectivity index is 1.73. The number of rotatable bonds is 5. The van der Waals surface area contributed by atoms with E-state index in [0.717, 1.165) is 16.4 Å². The number of nitrogens with zero attached hydrogens (tertiary/aromatic N) is 2. The highest BCUT2D eigenvalue weighted by molar-refractivity contribution is 7.99. The third kappa shape index (κ3) is 3.69. The molecule has 1 aliphatic heterocycles. The zero-order chi connectivity index (χ0) is 17.2. The zero-order valence-corrected chi connectivity index (χ0v) is 15.7. The summed E-state index contributed by atoms with van der Waals surface area (Å²) >= 11 is 3.34. The first-order chi connectivity index (χ1) is 11.5. The molecular weight excluding hydrogens is 366 g/mol. The second-order valence-corrected chi connectivity index (χ2v) is 9.70. The Bertz CT molecular complexity index is 793. The van der Waals surface area contributed by atoms with Gasteiger partial charge in [0.15, 0.2) is 0 Å². The fourth-order valence-corrected chi connectivity index (χ4v) is 5.82. The van der Waals surface area contributed by atoms with E-state index in [1.807, 2.05) is 17.5 Å². The highest BCUT2D eigenvalue weighted by Gasteiger charge is 2.28. The van der Waals surface area contributed by atoms with Gasteiger partial charge in [0.1, 0.15) is 10.6 Å². The first-order valence-corrected chi connectivity index (χ1v) is 11.0. The topological polar surface area (TPSA) is 73.5 Å². The average molecular weight is 386 g/mol. The van der Waals surface area contributed by atoms with E-state index in [4.69, 9.17) is 0 Å². The Hall–Kier alpha value is -1.29. The van der Waals surface area contributed by atoms with E-state index in [9.17, 15) is 13.2 Å². The normalized spacial score (nSPS) is 16.2. The Morgan fingerprint density at radius 3 is 2.79 bits per heavy atom. The molecule has 0 bridgehead atoms. The molecule has 1 fully saturated rings. The Kier molecular flexibility index (Phi) is 5.33. The van der Waals surface area contributed by atoms with Crippen molar-refractivity contribution in [3.63, 3.8) is 0 Å². The van der Waals surface area contributed by atoms with E-state index in [1.165, 1.54) is 16.6 Å². The molecule has 1 N–H and O–H groups in total. The van der Waals surface area contributed by atoms with Crippen LogP contribution in [0.5, 0.6) is 0 Å². The van der Waals surface area contributed by atoms with Crippen LogP contribution in [0.15, 0.2) is 34.7 Å². The van der Waals surface area contributed by atoms with Crippen LogP contribution in [0.1, 0.15) is 15.4 Å². The van der Waals surface area contributed by atoms with E-state index in [0.29, 0.717) is 25.3 Å². The largest absolute Gasteiger partial charge is 0.356 e. The van der Waals surface area contributed by atoms with Crippen molar-refractivity contribution in [2.75, 3.05) is 31.6 Å². The molecule has 1 amide bonds. The van der Waals surface area contributed by atoms with Crippen molar-refractivity contribution in [2.45, 2.75) is 11.4 Å². The van der Waals surface area contributed by atoms with Crippen molar-refractivity contribution in [3.05, 3.63) is 40.3 Å². The number of aromatic nitrogens is 1. The number of H-pyrrole nitrogens is 1. The van der Waals surface area contributed by atoms with Gasteiger partial charge in [-0.05, 0) is 17.5 Å². The number of amides is 1. The zero-order valence-electron chi connectivity index (χ0n) is 13.3. The molecule has 0 aliphatic carbocycles. The van der Waals surface area contributed by atoms with Crippen LogP contribution < -0.4 is 0 Å². The molecule has 130 valence electrons. The van der Waals surface area contributed by atoms with Gasteiger partial charge in [0, 0.05) is 42.7 Å². The van der Waals surface area contributed by atoms with E-state index >= 15 is 0 Å². The van der Waals surface area contributed by atoms with Crippen LogP contribution >= 0.6 is 23.1 Å². The van der Waals surface area contributed by atoms with Gasteiger partial charge in [-0.1, -0.05) is 6.07 Å². The minimum absolute atomic E-state index is 0.155. The lowest BCUT2D eigenvalue weighted by atomic mass is 10.3. The molecule has 0 atom stereocenters. The fourth-order valence-electron chi connectivity index (χ4n) is 2.50. The lowest BCUT2D eigenvalue weighted by molar-refractivity contribution is 0.0781. The van der Waals surface area contributed by atoms with Gasteiger partial charge in [-0.2, -0.15) is 16.1 Å². The van der Waals surface area contributed by atoms with Crippen LogP contribution in [-0.4, -0.2) is 60.2 Å². The Morgan fingerprint density at radius 2 is 2.12 bits per heavy atom. The van der Waals surface area contributed by atoms with Gasteiger partial charge in [-0.25, -0.2) is 8.42 Å². The molecular formula is C15H19N3O3S3. The monoisotopic (exact) mass is 385 g/mol. The van der Waals surface area contributed by atoms with Crippen LogP contribution in [0.2, 0.25) is 0 Å². The minimum atomic E-state index is -3.53. The fraction of sp³-hybridized carbons (Fsp3) is 0.400. The summed E-state index contributed by atoms with van der Waals surface area (Å²) in [5.74, 6) is 1.39. The summed E-state index contributed by atoms with van der Waals surface area (Å²) < 4.78 is 26.7. The van der Waals surface area contributed by atoms with Crippen LogP contribution in [0.3, 0.4) is 0 Å². The van der Waals surface area contributed by atoms with E-state index in [2.05, 4.69) is 4.98 Å². The number of carbonyl (C=O) groups excluding carboxylic acids is 1. The quantitative estimate of drug-likeness (QED) is 0.855. The summed E-state index contributed by atoms with van der Waals surface area (Å²) in [5.41, 5.74) is 0.291. The predicted molar refractivity (Wildman–Crippen MR) is 97.0 cm³/mol. The molecule has 0 radical (unpaired) electrons. The Morgan fingerprint density at radius 1 is 1.38 bits per heavy atom. The summed E-state index contributed by atoms with van der Waals surface area (Å²) in [5, 5.41) is 1.96. The molecule has 3 heterocycles. The predicted octanol–water partition coefficient (Wildman–Crippen LogP) is 2.09. The van der Waals surface area contributed by atoms with Gasteiger partial charge in [0.2, 0.25) is 10.0 Å². The lowest BCUT2D eigenvalue weighted by Gasteiger charge is -2.24. The maximum atomic E-state index is 12.6. The minimum Gasteiger partial charge on any atom is -0.356 e. The molecule has 0 spiro atoms. The van der Waals surface area contributed by atoms with Gasteiger partial charge in [0.05, 0.1) is 6.54 Å². The Labute approximate surface area is 149 Å². The number of nitrogens with one attached hydrogen (secondary N) is 1. The van der Waals surface area contributed by atoms with Crippen molar-refractivity contribution in [1.29, 1.82) is 0 Å². The standard InChI is InChI=1S/C15H19N3O3S3/c1-17(11-12-3-2-6-23-12)15(19)14-9-13(10-16-14)24(20,21)18-4-7-22-8-5-18/h2-3,6,9-10,16H,4-5,7-8,11H2,1H3. The SMILES string of the molecule is CN(Cc1cccs1)C(=O)c1cc(S(=O)(=O)N2CCSCC2)c[nH]1. The molecule has 0 saturated carbocycles. The summed E-state index contributed by atoms with van der Waals surface area (Å²) in [6.07, 6.45) is 1.41. The third-order valence-electron chi connectivity index (χ3n) is 3.81. The molecule has 24 heavy (non-hydrogen) atoms. The molecule has 9 heteroatoms. The van der Waals surface area contributed by atoms with Crippen LogP contribution in [0.25, 0.3) is 0 Å². The van der Waals surface area contributed by atoms with Gasteiger partial charge in [-0.3, -0.25) is 4.79 Å². The molecule has 3 rings (SSSR count). The maximum Gasteiger partial charge on any atom is 0.270 e. The summed E-state index contributed by atoms with van der Waals surface area (Å²) in [6, 6.07) is 5.34. The van der Waals surface area contributed by atoms with E-state index in [-0.39, 0.29) is 10.8 Å². The van der Waals surface area contributed by atoms with Crippen molar-refractivity contribution < 1.29 is 13.2 Å². The molecule has 2 aromatic heterocycles. The molecule has 1 aliphatic rings. The summed E-state index contributed by atoms with van der Waals surface area (Å²) in [6.45, 7) is 1.53. The first-order valence-electron chi connectivity index (χ1n) is 7.52. The van der Waals surface area contributed by atoms with Crippen molar-refractivity contribution in [1.82, 2.24) is 14.2 Å². The molecule has 0 aromatic carbocycles.